The first-order chi connectivity index (χ1) is 10.2. The van der Waals surface area contributed by atoms with E-state index in [0.717, 1.165) is 51.3 Å². The lowest BCUT2D eigenvalue weighted by atomic mass is 9.96. The van der Waals surface area contributed by atoms with E-state index in [0.29, 0.717) is 0 Å². The molecule has 0 aliphatic carbocycles. The predicted octanol–water partition coefficient (Wildman–Crippen LogP) is 2.26. The Kier molecular flexibility index (Phi) is 6.05. The molecule has 4 heteroatoms. The van der Waals surface area contributed by atoms with E-state index in [2.05, 4.69) is 4.90 Å². The monoisotopic (exact) mass is 290 g/mol. The molecule has 116 valence electrons. The van der Waals surface area contributed by atoms with E-state index in [1.165, 1.54) is 0 Å². The summed E-state index contributed by atoms with van der Waals surface area (Å²) in [4.78, 5) is 16.1. The summed E-state index contributed by atoms with van der Waals surface area (Å²) in [6, 6.07) is 9.91. The fraction of sp³-hybridized carbons (Fsp3) is 0.588. The van der Waals surface area contributed by atoms with E-state index < -0.39 is 0 Å². The van der Waals surface area contributed by atoms with E-state index in [9.17, 15) is 4.79 Å². The minimum Gasteiger partial charge on any atom is -0.494 e. The van der Waals surface area contributed by atoms with Crippen molar-refractivity contribution in [1.29, 1.82) is 0 Å². The van der Waals surface area contributed by atoms with Crippen molar-refractivity contribution < 1.29 is 9.53 Å². The molecule has 4 nitrogen and oxygen atoms in total. The number of para-hydroxylation sites is 1. The van der Waals surface area contributed by atoms with Gasteiger partial charge in [-0.05, 0) is 37.9 Å². The SMILES string of the molecule is CN(C)C(=O)C1CCCN(CCCOc2ccccc2)C1. The summed E-state index contributed by atoms with van der Waals surface area (Å²) in [7, 11) is 3.68. The third-order valence-corrected chi connectivity index (χ3v) is 3.93. The molecule has 1 atom stereocenters. The topological polar surface area (TPSA) is 32.8 Å². The second-order valence-corrected chi connectivity index (χ2v) is 5.89. The molecule has 1 aliphatic heterocycles. The Labute approximate surface area is 127 Å². The van der Waals surface area contributed by atoms with Crippen LogP contribution in [0.4, 0.5) is 0 Å². The Morgan fingerprint density at radius 1 is 1.33 bits per heavy atom. The minimum atomic E-state index is 0.170. The number of hydrogen-bond donors (Lipinski definition) is 0. The van der Waals surface area contributed by atoms with Crippen molar-refractivity contribution in [1.82, 2.24) is 9.80 Å². The molecule has 0 aromatic heterocycles. The lowest BCUT2D eigenvalue weighted by Crippen LogP contribution is -2.43. The third kappa shape index (κ3) is 5.05. The maximum absolute atomic E-state index is 12.0. The summed E-state index contributed by atoms with van der Waals surface area (Å²) in [6.07, 6.45) is 3.13. The van der Waals surface area contributed by atoms with Crippen LogP contribution in [-0.4, -0.2) is 56.0 Å². The van der Waals surface area contributed by atoms with Crippen LogP contribution in [-0.2, 0) is 4.79 Å². The van der Waals surface area contributed by atoms with Crippen LogP contribution in [0.3, 0.4) is 0 Å². The molecule has 1 aromatic rings. The van der Waals surface area contributed by atoms with Gasteiger partial charge >= 0.3 is 0 Å². The van der Waals surface area contributed by atoms with Crippen LogP contribution < -0.4 is 4.74 Å². The summed E-state index contributed by atoms with van der Waals surface area (Å²) in [6.45, 7) is 3.72. The van der Waals surface area contributed by atoms with Crippen molar-refractivity contribution in [2.75, 3.05) is 40.3 Å². The van der Waals surface area contributed by atoms with E-state index in [4.69, 9.17) is 4.74 Å². The molecule has 1 saturated heterocycles. The van der Waals surface area contributed by atoms with Crippen molar-refractivity contribution in [2.24, 2.45) is 5.92 Å². The molecular formula is C17H26N2O2. The molecule has 0 radical (unpaired) electrons. The van der Waals surface area contributed by atoms with Crippen LogP contribution >= 0.6 is 0 Å². The number of likely N-dealkylation sites (tertiary alicyclic amines) is 1. The molecule has 21 heavy (non-hydrogen) atoms. The second kappa shape index (κ2) is 8.03. The van der Waals surface area contributed by atoms with Crippen LogP contribution in [0.5, 0.6) is 5.75 Å². The summed E-state index contributed by atoms with van der Waals surface area (Å²) >= 11 is 0. The maximum atomic E-state index is 12.0. The fourth-order valence-corrected chi connectivity index (χ4v) is 2.82. The van der Waals surface area contributed by atoms with Gasteiger partial charge in [0.25, 0.3) is 0 Å². The zero-order valence-corrected chi connectivity index (χ0v) is 13.1. The summed E-state index contributed by atoms with van der Waals surface area (Å²) in [5, 5.41) is 0. The summed E-state index contributed by atoms with van der Waals surface area (Å²) in [5.41, 5.74) is 0. The molecule has 0 bridgehead atoms. The van der Waals surface area contributed by atoms with Gasteiger partial charge in [-0.2, -0.15) is 0 Å². The molecule has 1 fully saturated rings. The smallest absolute Gasteiger partial charge is 0.226 e. The molecule has 0 spiro atoms. The summed E-state index contributed by atoms with van der Waals surface area (Å²) < 4.78 is 5.71. The number of carbonyl (C=O) groups excluding carboxylic acids is 1. The van der Waals surface area contributed by atoms with Gasteiger partial charge in [0.2, 0.25) is 5.91 Å². The van der Waals surface area contributed by atoms with Crippen molar-refractivity contribution in [3.63, 3.8) is 0 Å². The molecular weight excluding hydrogens is 264 g/mol. The number of rotatable bonds is 6. The zero-order chi connectivity index (χ0) is 15.1. The number of amides is 1. The van der Waals surface area contributed by atoms with E-state index in [1.807, 2.05) is 44.4 Å². The highest BCUT2D eigenvalue weighted by Crippen LogP contribution is 2.18. The molecule has 1 amide bonds. The predicted molar refractivity (Wildman–Crippen MR) is 84.4 cm³/mol. The van der Waals surface area contributed by atoms with Crippen LogP contribution in [0.25, 0.3) is 0 Å². The summed E-state index contributed by atoms with van der Waals surface area (Å²) in [5.74, 6) is 1.36. The molecule has 1 heterocycles. The first-order valence-electron chi connectivity index (χ1n) is 7.78. The molecule has 2 rings (SSSR count). The lowest BCUT2D eigenvalue weighted by molar-refractivity contribution is -0.134. The number of carbonyl (C=O) groups is 1. The molecule has 0 saturated carbocycles. The maximum Gasteiger partial charge on any atom is 0.226 e. The first-order valence-corrected chi connectivity index (χ1v) is 7.78. The highest BCUT2D eigenvalue weighted by molar-refractivity contribution is 5.78. The number of benzene rings is 1. The Hall–Kier alpha value is -1.55. The molecule has 1 unspecified atom stereocenters. The van der Waals surface area contributed by atoms with Crippen LogP contribution in [0.1, 0.15) is 19.3 Å². The Bertz CT molecular complexity index is 434. The van der Waals surface area contributed by atoms with Gasteiger partial charge in [0.1, 0.15) is 5.75 Å². The molecule has 1 aromatic carbocycles. The van der Waals surface area contributed by atoms with Crippen LogP contribution in [0.15, 0.2) is 30.3 Å². The highest BCUT2D eigenvalue weighted by atomic mass is 16.5. The largest absolute Gasteiger partial charge is 0.494 e. The lowest BCUT2D eigenvalue weighted by Gasteiger charge is -2.33. The third-order valence-electron chi connectivity index (χ3n) is 3.93. The van der Waals surface area contributed by atoms with Gasteiger partial charge in [-0.1, -0.05) is 18.2 Å². The molecule has 0 N–H and O–H groups in total. The number of piperidine rings is 1. The van der Waals surface area contributed by atoms with Crippen molar-refractivity contribution in [3.05, 3.63) is 30.3 Å². The Morgan fingerprint density at radius 2 is 2.10 bits per heavy atom. The van der Waals surface area contributed by atoms with Crippen LogP contribution in [0, 0.1) is 5.92 Å². The second-order valence-electron chi connectivity index (χ2n) is 5.89. The average Bonchev–Trinajstić information content (AvgIpc) is 2.52. The molecule has 1 aliphatic rings. The minimum absolute atomic E-state index is 0.170. The van der Waals surface area contributed by atoms with E-state index >= 15 is 0 Å². The number of nitrogens with zero attached hydrogens (tertiary/aromatic N) is 2. The van der Waals surface area contributed by atoms with Gasteiger partial charge in [-0.3, -0.25) is 4.79 Å². The quantitative estimate of drug-likeness (QED) is 0.753. The van der Waals surface area contributed by atoms with Crippen molar-refractivity contribution >= 4 is 5.91 Å². The van der Waals surface area contributed by atoms with Gasteiger partial charge < -0.3 is 14.5 Å². The van der Waals surface area contributed by atoms with Gasteiger partial charge in [-0.25, -0.2) is 0 Å². The van der Waals surface area contributed by atoms with Gasteiger partial charge in [0.15, 0.2) is 0 Å². The fourth-order valence-electron chi connectivity index (χ4n) is 2.82. The van der Waals surface area contributed by atoms with E-state index in [-0.39, 0.29) is 11.8 Å². The Morgan fingerprint density at radius 3 is 2.81 bits per heavy atom. The number of hydrogen-bond acceptors (Lipinski definition) is 3. The first kappa shape index (κ1) is 15.8. The van der Waals surface area contributed by atoms with Gasteiger partial charge in [-0.15, -0.1) is 0 Å². The van der Waals surface area contributed by atoms with E-state index in [1.54, 1.807) is 4.90 Å². The van der Waals surface area contributed by atoms with Crippen LogP contribution in [0.2, 0.25) is 0 Å². The van der Waals surface area contributed by atoms with Crippen molar-refractivity contribution in [3.8, 4) is 5.75 Å². The van der Waals surface area contributed by atoms with Gasteiger partial charge in [0, 0.05) is 27.2 Å². The average molecular weight is 290 g/mol. The highest BCUT2D eigenvalue weighted by Gasteiger charge is 2.26. The standard InChI is InChI=1S/C17H26N2O2/c1-18(2)17(20)15-8-6-11-19(14-15)12-7-13-21-16-9-4-3-5-10-16/h3-5,9-10,15H,6-8,11-14H2,1-2H3. The zero-order valence-electron chi connectivity index (χ0n) is 13.1. The van der Waals surface area contributed by atoms with Gasteiger partial charge in [0.05, 0.1) is 12.5 Å². The normalized spacial score (nSPS) is 19.2. The Balaban J connectivity index is 1.67. The number of ether oxygens (including phenoxy) is 1. The van der Waals surface area contributed by atoms with Crippen molar-refractivity contribution in [2.45, 2.75) is 19.3 Å².